The van der Waals surface area contributed by atoms with Crippen LogP contribution in [0.1, 0.15) is 15.9 Å². The van der Waals surface area contributed by atoms with E-state index in [1.807, 2.05) is 12.1 Å². The molecule has 0 radical (unpaired) electrons. The molecule has 3 aromatic rings. The number of ether oxygens (including phenoxy) is 1. The van der Waals surface area contributed by atoms with Crippen molar-refractivity contribution in [1.82, 2.24) is 0 Å². The minimum absolute atomic E-state index is 0.174. The van der Waals surface area contributed by atoms with Gasteiger partial charge in [0.2, 0.25) is 0 Å². The van der Waals surface area contributed by atoms with Gasteiger partial charge in [0, 0.05) is 16.9 Å². The van der Waals surface area contributed by atoms with Gasteiger partial charge < -0.3 is 15.4 Å². The Hall–Kier alpha value is -4.11. The van der Waals surface area contributed by atoms with Crippen molar-refractivity contribution in [3.8, 4) is 11.8 Å². The third-order valence-corrected chi connectivity index (χ3v) is 3.79. The van der Waals surface area contributed by atoms with Crippen molar-refractivity contribution in [3.63, 3.8) is 0 Å². The van der Waals surface area contributed by atoms with Gasteiger partial charge in [0.15, 0.2) is 6.61 Å². The van der Waals surface area contributed by atoms with Crippen LogP contribution in [0.4, 0.5) is 11.4 Å². The van der Waals surface area contributed by atoms with Gasteiger partial charge in [0.1, 0.15) is 5.75 Å². The van der Waals surface area contributed by atoms with E-state index in [-0.39, 0.29) is 18.4 Å². The molecule has 6 heteroatoms. The van der Waals surface area contributed by atoms with E-state index in [4.69, 9.17) is 10.00 Å². The Morgan fingerprint density at radius 2 is 1.61 bits per heavy atom. The first-order valence-electron chi connectivity index (χ1n) is 8.53. The number of hydrogen-bond donors (Lipinski definition) is 2. The van der Waals surface area contributed by atoms with Gasteiger partial charge in [-0.15, -0.1) is 0 Å². The molecule has 2 N–H and O–H groups in total. The number of benzene rings is 3. The van der Waals surface area contributed by atoms with E-state index >= 15 is 0 Å². The summed E-state index contributed by atoms with van der Waals surface area (Å²) in [5, 5.41) is 14.3. The van der Waals surface area contributed by atoms with Crippen LogP contribution in [-0.4, -0.2) is 18.4 Å². The Bertz CT molecular complexity index is 1010. The van der Waals surface area contributed by atoms with Crippen LogP contribution >= 0.6 is 0 Å². The highest BCUT2D eigenvalue weighted by molar-refractivity contribution is 6.04. The van der Waals surface area contributed by atoms with Gasteiger partial charge in [0.05, 0.1) is 11.6 Å². The van der Waals surface area contributed by atoms with Crippen LogP contribution in [0.25, 0.3) is 0 Å². The SMILES string of the molecule is N#Cc1cccc(NC(=O)COc2ccc(NC(=O)c3ccccc3)cc2)c1. The van der Waals surface area contributed by atoms with Crippen LogP contribution in [0, 0.1) is 11.3 Å². The average Bonchev–Trinajstić information content (AvgIpc) is 2.74. The molecular weight excluding hydrogens is 354 g/mol. The molecule has 0 aromatic heterocycles. The van der Waals surface area contributed by atoms with E-state index in [0.29, 0.717) is 28.3 Å². The van der Waals surface area contributed by atoms with E-state index in [1.54, 1.807) is 72.8 Å². The van der Waals surface area contributed by atoms with Gasteiger partial charge in [-0.3, -0.25) is 9.59 Å². The molecule has 138 valence electrons. The summed E-state index contributed by atoms with van der Waals surface area (Å²) in [7, 11) is 0. The predicted molar refractivity (Wildman–Crippen MR) is 106 cm³/mol. The Morgan fingerprint density at radius 3 is 2.32 bits per heavy atom. The molecule has 28 heavy (non-hydrogen) atoms. The number of carbonyl (C=O) groups excluding carboxylic acids is 2. The number of nitriles is 1. The molecule has 0 aliphatic carbocycles. The molecule has 0 spiro atoms. The highest BCUT2D eigenvalue weighted by atomic mass is 16.5. The van der Waals surface area contributed by atoms with Crippen molar-refractivity contribution in [2.75, 3.05) is 17.2 Å². The summed E-state index contributed by atoms with van der Waals surface area (Å²) in [6, 6.07) is 24.3. The summed E-state index contributed by atoms with van der Waals surface area (Å²) in [6.07, 6.45) is 0. The second kappa shape index (κ2) is 9.01. The largest absolute Gasteiger partial charge is 0.484 e. The molecule has 0 unspecified atom stereocenters. The molecule has 0 heterocycles. The van der Waals surface area contributed by atoms with Crippen molar-refractivity contribution in [1.29, 1.82) is 5.26 Å². The minimum Gasteiger partial charge on any atom is -0.484 e. The van der Waals surface area contributed by atoms with Crippen molar-refractivity contribution in [3.05, 3.63) is 90.0 Å². The Balaban J connectivity index is 1.51. The van der Waals surface area contributed by atoms with E-state index in [2.05, 4.69) is 10.6 Å². The second-order valence-corrected chi connectivity index (χ2v) is 5.87. The van der Waals surface area contributed by atoms with Crippen LogP contribution in [0.3, 0.4) is 0 Å². The molecular formula is C22H17N3O3. The molecule has 0 bridgehead atoms. The Labute approximate surface area is 162 Å². The fraction of sp³-hybridized carbons (Fsp3) is 0.0455. The van der Waals surface area contributed by atoms with E-state index in [9.17, 15) is 9.59 Å². The topological polar surface area (TPSA) is 91.2 Å². The average molecular weight is 371 g/mol. The number of carbonyl (C=O) groups is 2. The lowest BCUT2D eigenvalue weighted by Crippen LogP contribution is -2.20. The van der Waals surface area contributed by atoms with Crippen LogP contribution in [0.2, 0.25) is 0 Å². The summed E-state index contributed by atoms with van der Waals surface area (Å²) in [5.74, 6) is -0.0385. The van der Waals surface area contributed by atoms with Gasteiger partial charge in [-0.1, -0.05) is 24.3 Å². The summed E-state index contributed by atoms with van der Waals surface area (Å²) < 4.78 is 5.45. The van der Waals surface area contributed by atoms with Crippen LogP contribution < -0.4 is 15.4 Å². The molecule has 0 saturated heterocycles. The zero-order valence-electron chi connectivity index (χ0n) is 14.9. The third-order valence-electron chi connectivity index (χ3n) is 3.79. The maximum atomic E-state index is 12.1. The summed E-state index contributed by atoms with van der Waals surface area (Å²) in [6.45, 7) is -0.174. The predicted octanol–water partition coefficient (Wildman–Crippen LogP) is 3.83. The Morgan fingerprint density at radius 1 is 0.857 bits per heavy atom. The lowest BCUT2D eigenvalue weighted by Gasteiger charge is -2.09. The zero-order chi connectivity index (χ0) is 19.8. The summed E-state index contributed by atoms with van der Waals surface area (Å²) in [5.41, 5.74) is 2.19. The maximum absolute atomic E-state index is 12.1. The highest BCUT2D eigenvalue weighted by Gasteiger charge is 2.07. The number of nitrogens with zero attached hydrogens (tertiary/aromatic N) is 1. The lowest BCUT2D eigenvalue weighted by atomic mass is 10.2. The first-order chi connectivity index (χ1) is 13.6. The van der Waals surface area contributed by atoms with Crippen molar-refractivity contribution in [2.24, 2.45) is 0 Å². The molecule has 0 fully saturated rings. The molecule has 0 saturated carbocycles. The Kier molecular flexibility index (Phi) is 6.01. The number of nitrogens with one attached hydrogen (secondary N) is 2. The van der Waals surface area contributed by atoms with Gasteiger partial charge in [0.25, 0.3) is 11.8 Å². The molecule has 2 amide bonds. The highest BCUT2D eigenvalue weighted by Crippen LogP contribution is 2.17. The first-order valence-corrected chi connectivity index (χ1v) is 8.53. The number of amides is 2. The zero-order valence-corrected chi connectivity index (χ0v) is 14.9. The molecule has 0 aliphatic heterocycles. The smallest absolute Gasteiger partial charge is 0.262 e. The second-order valence-electron chi connectivity index (χ2n) is 5.87. The summed E-state index contributed by atoms with van der Waals surface area (Å²) >= 11 is 0. The molecule has 3 aromatic carbocycles. The van der Waals surface area contributed by atoms with Gasteiger partial charge in [-0.25, -0.2) is 0 Å². The third kappa shape index (κ3) is 5.19. The standard InChI is InChI=1S/C22H17N3O3/c23-14-16-5-4-8-19(13-16)24-21(26)15-28-20-11-9-18(10-12-20)25-22(27)17-6-2-1-3-7-17/h1-13H,15H2,(H,24,26)(H,25,27). The fourth-order valence-corrected chi connectivity index (χ4v) is 2.44. The summed E-state index contributed by atoms with van der Waals surface area (Å²) in [4.78, 5) is 24.1. The van der Waals surface area contributed by atoms with Crippen molar-refractivity contribution < 1.29 is 14.3 Å². The van der Waals surface area contributed by atoms with E-state index < -0.39 is 0 Å². The first kappa shape index (κ1) is 18.7. The van der Waals surface area contributed by atoms with E-state index in [0.717, 1.165) is 0 Å². The van der Waals surface area contributed by atoms with Crippen LogP contribution in [0.15, 0.2) is 78.9 Å². The normalized spacial score (nSPS) is 9.82. The fourth-order valence-electron chi connectivity index (χ4n) is 2.44. The van der Waals surface area contributed by atoms with Gasteiger partial charge in [-0.2, -0.15) is 5.26 Å². The quantitative estimate of drug-likeness (QED) is 0.689. The van der Waals surface area contributed by atoms with E-state index in [1.165, 1.54) is 0 Å². The van der Waals surface area contributed by atoms with Crippen molar-refractivity contribution >= 4 is 23.2 Å². The monoisotopic (exact) mass is 371 g/mol. The minimum atomic E-state index is -0.337. The lowest BCUT2D eigenvalue weighted by molar-refractivity contribution is -0.118. The molecule has 0 aliphatic rings. The van der Waals surface area contributed by atoms with Gasteiger partial charge >= 0.3 is 0 Å². The maximum Gasteiger partial charge on any atom is 0.262 e. The van der Waals surface area contributed by atoms with Crippen LogP contribution in [0.5, 0.6) is 5.75 Å². The molecule has 3 rings (SSSR count). The number of rotatable bonds is 6. The molecule has 6 nitrogen and oxygen atoms in total. The van der Waals surface area contributed by atoms with Gasteiger partial charge in [-0.05, 0) is 54.6 Å². The number of hydrogen-bond acceptors (Lipinski definition) is 4. The van der Waals surface area contributed by atoms with Crippen LogP contribution in [-0.2, 0) is 4.79 Å². The van der Waals surface area contributed by atoms with Crippen molar-refractivity contribution in [2.45, 2.75) is 0 Å². The molecule has 0 atom stereocenters. The number of anilines is 2.